The van der Waals surface area contributed by atoms with E-state index in [-0.39, 0.29) is 42.4 Å². The SMILES string of the molecule is CCNC(=NCc1ccc(F)c(COC)c1)NC1CCOc2ccccc21.I. The molecule has 0 bridgehead atoms. The molecule has 2 N–H and O–H groups in total. The highest BCUT2D eigenvalue weighted by atomic mass is 127. The molecule has 152 valence electrons. The summed E-state index contributed by atoms with van der Waals surface area (Å²) >= 11 is 0. The van der Waals surface area contributed by atoms with Gasteiger partial charge in [-0.2, -0.15) is 0 Å². The Morgan fingerprint density at radius 3 is 2.89 bits per heavy atom. The molecule has 1 unspecified atom stereocenters. The third-order valence-electron chi connectivity index (χ3n) is 4.44. The van der Waals surface area contributed by atoms with Crippen molar-refractivity contribution in [2.45, 2.75) is 32.5 Å². The Labute approximate surface area is 182 Å². The summed E-state index contributed by atoms with van der Waals surface area (Å²) in [7, 11) is 1.56. The van der Waals surface area contributed by atoms with Gasteiger partial charge in [0.15, 0.2) is 5.96 Å². The molecule has 0 radical (unpaired) electrons. The van der Waals surface area contributed by atoms with Crippen LogP contribution in [-0.2, 0) is 17.9 Å². The second kappa shape index (κ2) is 11.2. The van der Waals surface area contributed by atoms with Gasteiger partial charge in [0.05, 0.1) is 25.8 Å². The van der Waals surface area contributed by atoms with E-state index < -0.39 is 0 Å². The summed E-state index contributed by atoms with van der Waals surface area (Å²) < 4.78 is 24.5. The summed E-state index contributed by atoms with van der Waals surface area (Å²) in [6.07, 6.45) is 0.871. The first-order valence-corrected chi connectivity index (χ1v) is 9.24. The molecule has 0 aliphatic carbocycles. The normalized spacial score (nSPS) is 15.8. The number of guanidine groups is 1. The van der Waals surface area contributed by atoms with Crippen molar-refractivity contribution in [1.29, 1.82) is 0 Å². The standard InChI is InChI=1S/C21H26FN3O2.HI/c1-3-23-21(24-13-15-8-9-18(22)16(12-15)14-26-2)25-19-10-11-27-20-7-5-4-6-17(19)20;/h4-9,12,19H,3,10-11,13-14H2,1-2H3,(H2,23,24,25);1H. The van der Waals surface area contributed by atoms with E-state index in [0.29, 0.717) is 18.7 Å². The highest BCUT2D eigenvalue weighted by Crippen LogP contribution is 2.31. The van der Waals surface area contributed by atoms with E-state index >= 15 is 0 Å². The first kappa shape index (κ1) is 22.4. The van der Waals surface area contributed by atoms with Crippen LogP contribution in [0.15, 0.2) is 47.5 Å². The zero-order valence-corrected chi connectivity index (χ0v) is 18.5. The summed E-state index contributed by atoms with van der Waals surface area (Å²) in [5, 5.41) is 6.78. The monoisotopic (exact) mass is 499 g/mol. The number of rotatable bonds is 6. The molecule has 0 saturated carbocycles. The average Bonchev–Trinajstić information content (AvgIpc) is 2.69. The maximum atomic E-state index is 13.8. The lowest BCUT2D eigenvalue weighted by molar-refractivity contribution is 0.181. The number of hydrogen-bond donors (Lipinski definition) is 2. The number of para-hydroxylation sites is 1. The second-order valence-electron chi connectivity index (χ2n) is 6.43. The molecule has 7 heteroatoms. The highest BCUT2D eigenvalue weighted by molar-refractivity contribution is 14.0. The fraction of sp³-hybridized carbons (Fsp3) is 0.381. The van der Waals surface area contributed by atoms with E-state index in [2.05, 4.69) is 21.7 Å². The lowest BCUT2D eigenvalue weighted by Crippen LogP contribution is -2.41. The molecule has 3 rings (SSSR count). The Kier molecular flexibility index (Phi) is 8.98. The van der Waals surface area contributed by atoms with Gasteiger partial charge in [0, 0.05) is 31.2 Å². The van der Waals surface area contributed by atoms with Crippen LogP contribution in [-0.4, -0.2) is 26.2 Å². The Morgan fingerprint density at radius 2 is 2.11 bits per heavy atom. The number of nitrogens with one attached hydrogen (secondary N) is 2. The van der Waals surface area contributed by atoms with Gasteiger partial charge in [0.1, 0.15) is 11.6 Å². The van der Waals surface area contributed by atoms with Crippen molar-refractivity contribution in [3.63, 3.8) is 0 Å². The van der Waals surface area contributed by atoms with Crippen LogP contribution in [0, 0.1) is 5.82 Å². The lowest BCUT2D eigenvalue weighted by atomic mass is 10.0. The molecule has 1 aliphatic rings. The van der Waals surface area contributed by atoms with Gasteiger partial charge in [-0.15, -0.1) is 24.0 Å². The Balaban J connectivity index is 0.00000280. The summed E-state index contributed by atoms with van der Waals surface area (Å²) in [6, 6.07) is 13.2. The van der Waals surface area contributed by atoms with Gasteiger partial charge in [-0.3, -0.25) is 0 Å². The van der Waals surface area contributed by atoms with Crippen LogP contribution < -0.4 is 15.4 Å². The number of nitrogens with zero attached hydrogens (tertiary/aromatic N) is 1. The van der Waals surface area contributed by atoms with Crippen molar-refractivity contribution in [3.8, 4) is 5.75 Å². The molecule has 28 heavy (non-hydrogen) atoms. The molecule has 1 heterocycles. The minimum atomic E-state index is -0.256. The predicted octanol–water partition coefficient (Wildman–Crippen LogP) is 4.17. The molecule has 0 fully saturated rings. The molecule has 1 atom stereocenters. The van der Waals surface area contributed by atoms with E-state index in [1.54, 1.807) is 19.2 Å². The molecule has 0 spiro atoms. The number of methoxy groups -OCH3 is 1. The summed E-state index contributed by atoms with van der Waals surface area (Å²) in [5.74, 6) is 1.39. The van der Waals surface area contributed by atoms with Gasteiger partial charge < -0.3 is 20.1 Å². The number of fused-ring (bicyclic) bond motifs is 1. The predicted molar refractivity (Wildman–Crippen MR) is 120 cm³/mol. The van der Waals surface area contributed by atoms with E-state index in [1.165, 1.54) is 6.07 Å². The van der Waals surface area contributed by atoms with E-state index in [0.717, 1.165) is 35.8 Å². The van der Waals surface area contributed by atoms with Crippen LogP contribution in [0.3, 0.4) is 0 Å². The number of benzene rings is 2. The maximum Gasteiger partial charge on any atom is 0.192 e. The molecule has 1 aliphatic heterocycles. The molecule has 2 aromatic carbocycles. The Morgan fingerprint density at radius 1 is 1.29 bits per heavy atom. The van der Waals surface area contributed by atoms with Gasteiger partial charge in [-0.1, -0.05) is 24.3 Å². The van der Waals surface area contributed by atoms with E-state index in [9.17, 15) is 4.39 Å². The molecule has 0 saturated heterocycles. The molecule has 2 aromatic rings. The summed E-state index contributed by atoms with van der Waals surface area (Å²) in [5.41, 5.74) is 2.62. The van der Waals surface area contributed by atoms with Gasteiger partial charge in [0.2, 0.25) is 0 Å². The molecular weight excluding hydrogens is 472 g/mol. The average molecular weight is 499 g/mol. The largest absolute Gasteiger partial charge is 0.493 e. The van der Waals surface area contributed by atoms with Crippen molar-refractivity contribution >= 4 is 29.9 Å². The third-order valence-corrected chi connectivity index (χ3v) is 4.44. The van der Waals surface area contributed by atoms with Crippen molar-refractivity contribution in [2.75, 3.05) is 20.3 Å². The fourth-order valence-corrected chi connectivity index (χ4v) is 3.14. The number of ether oxygens (including phenoxy) is 2. The van der Waals surface area contributed by atoms with Crippen molar-refractivity contribution in [1.82, 2.24) is 10.6 Å². The minimum absolute atomic E-state index is 0. The third kappa shape index (κ3) is 5.81. The maximum absolute atomic E-state index is 13.8. The van der Waals surface area contributed by atoms with E-state index in [4.69, 9.17) is 9.47 Å². The molecule has 0 aromatic heterocycles. The van der Waals surface area contributed by atoms with E-state index in [1.807, 2.05) is 25.1 Å². The quantitative estimate of drug-likeness (QED) is 0.356. The minimum Gasteiger partial charge on any atom is -0.493 e. The van der Waals surface area contributed by atoms with Crippen LogP contribution in [0.4, 0.5) is 4.39 Å². The topological polar surface area (TPSA) is 54.9 Å². The zero-order chi connectivity index (χ0) is 19.1. The number of hydrogen-bond acceptors (Lipinski definition) is 3. The first-order valence-electron chi connectivity index (χ1n) is 9.24. The smallest absolute Gasteiger partial charge is 0.192 e. The second-order valence-corrected chi connectivity index (χ2v) is 6.43. The zero-order valence-electron chi connectivity index (χ0n) is 16.2. The van der Waals surface area contributed by atoms with Crippen LogP contribution in [0.1, 0.15) is 36.1 Å². The van der Waals surface area contributed by atoms with Gasteiger partial charge in [-0.25, -0.2) is 9.38 Å². The summed E-state index contributed by atoms with van der Waals surface area (Å²) in [4.78, 5) is 4.67. The van der Waals surface area contributed by atoms with Crippen LogP contribution in [0.2, 0.25) is 0 Å². The molecule has 0 amide bonds. The molecule has 5 nitrogen and oxygen atoms in total. The fourth-order valence-electron chi connectivity index (χ4n) is 3.14. The van der Waals surface area contributed by atoms with Crippen molar-refractivity contribution < 1.29 is 13.9 Å². The van der Waals surface area contributed by atoms with Crippen LogP contribution >= 0.6 is 24.0 Å². The van der Waals surface area contributed by atoms with Gasteiger partial charge in [-0.05, 0) is 30.7 Å². The first-order chi connectivity index (χ1) is 13.2. The Bertz CT molecular complexity index is 801. The van der Waals surface area contributed by atoms with Crippen LogP contribution in [0.5, 0.6) is 5.75 Å². The van der Waals surface area contributed by atoms with Crippen LogP contribution in [0.25, 0.3) is 0 Å². The van der Waals surface area contributed by atoms with Gasteiger partial charge in [0.25, 0.3) is 0 Å². The number of aliphatic imine (C=N–C) groups is 1. The molecular formula is C21H27FIN3O2. The number of halogens is 2. The lowest BCUT2D eigenvalue weighted by Gasteiger charge is -2.28. The van der Waals surface area contributed by atoms with Gasteiger partial charge >= 0.3 is 0 Å². The van der Waals surface area contributed by atoms with Crippen molar-refractivity contribution in [3.05, 3.63) is 65.0 Å². The van der Waals surface area contributed by atoms with Crippen molar-refractivity contribution in [2.24, 2.45) is 4.99 Å². The highest BCUT2D eigenvalue weighted by Gasteiger charge is 2.21. The summed E-state index contributed by atoms with van der Waals surface area (Å²) in [6.45, 7) is 4.17. The Hall–Kier alpha value is -1.87.